The molecule has 34 heavy (non-hydrogen) atoms. The molecule has 2 heterocycles. The number of nitrogens with one attached hydrogen (secondary N) is 2. The van der Waals surface area contributed by atoms with Gasteiger partial charge in [0.1, 0.15) is 16.5 Å². The largest absolute Gasteiger partial charge is 0.321 e. The van der Waals surface area contributed by atoms with Crippen LogP contribution in [0.25, 0.3) is 5.69 Å². The van der Waals surface area contributed by atoms with Crippen LogP contribution in [-0.4, -0.2) is 26.2 Å². The predicted octanol–water partition coefficient (Wildman–Crippen LogP) is 4.69. The summed E-state index contributed by atoms with van der Waals surface area (Å²) in [5, 5.41) is 5.62. The summed E-state index contributed by atoms with van der Waals surface area (Å²) in [5.41, 5.74) is 1.64. The van der Waals surface area contributed by atoms with Crippen molar-refractivity contribution in [2.75, 3.05) is 10.6 Å². The highest BCUT2D eigenvalue weighted by Crippen LogP contribution is 2.20. The predicted molar refractivity (Wildman–Crippen MR) is 132 cm³/mol. The molecule has 8 nitrogen and oxygen atoms in total. The number of benzene rings is 2. The van der Waals surface area contributed by atoms with Gasteiger partial charge in [-0.15, -0.1) is 0 Å². The molecule has 0 bridgehead atoms. The molecule has 2 aromatic carbocycles. The van der Waals surface area contributed by atoms with E-state index in [0.717, 1.165) is 0 Å². The topological polar surface area (TPSA) is 98.0 Å². The maximum Gasteiger partial charge on any atom is 0.295 e. The first-order valence-corrected chi connectivity index (χ1v) is 10.9. The van der Waals surface area contributed by atoms with Gasteiger partial charge < -0.3 is 10.6 Å². The normalized spacial score (nSPS) is 10.7. The first kappa shape index (κ1) is 23.3. The van der Waals surface area contributed by atoms with Gasteiger partial charge in [-0.1, -0.05) is 47.5 Å². The van der Waals surface area contributed by atoms with Crippen molar-refractivity contribution in [2.24, 2.45) is 7.05 Å². The molecule has 0 radical (unpaired) electrons. The fourth-order valence-corrected chi connectivity index (χ4v) is 3.74. The highest BCUT2D eigenvalue weighted by atomic mass is 35.5. The van der Waals surface area contributed by atoms with E-state index in [-0.39, 0.29) is 32.7 Å². The maximum absolute atomic E-state index is 13.0. The molecule has 0 unspecified atom stereocenters. The van der Waals surface area contributed by atoms with Gasteiger partial charge in [0.2, 0.25) is 0 Å². The van der Waals surface area contributed by atoms with E-state index in [1.54, 1.807) is 49.0 Å². The van der Waals surface area contributed by atoms with Gasteiger partial charge in [0, 0.05) is 18.3 Å². The molecule has 0 saturated carbocycles. The van der Waals surface area contributed by atoms with E-state index in [0.29, 0.717) is 17.1 Å². The highest BCUT2D eigenvalue weighted by Gasteiger charge is 2.19. The summed E-state index contributed by atoms with van der Waals surface area (Å²) < 4.78 is 3.15. The lowest BCUT2D eigenvalue weighted by atomic mass is 10.1. The van der Waals surface area contributed by atoms with Crippen LogP contribution in [0, 0.1) is 6.92 Å². The first-order valence-electron chi connectivity index (χ1n) is 10.1. The Kier molecular flexibility index (Phi) is 6.54. The Morgan fingerprint density at radius 3 is 2.38 bits per heavy atom. The number of para-hydroxylation sites is 1. The molecule has 10 heteroatoms. The minimum absolute atomic E-state index is 0.0367. The second-order valence-corrected chi connectivity index (χ2v) is 8.18. The van der Waals surface area contributed by atoms with Gasteiger partial charge in [-0.05, 0) is 49.4 Å². The summed E-state index contributed by atoms with van der Waals surface area (Å²) in [6.07, 6.45) is 0. The first-order chi connectivity index (χ1) is 16.3. The van der Waals surface area contributed by atoms with Gasteiger partial charge in [0.05, 0.1) is 16.4 Å². The van der Waals surface area contributed by atoms with Crippen LogP contribution in [-0.2, 0) is 7.05 Å². The molecule has 2 N–H and O–H groups in total. The van der Waals surface area contributed by atoms with Crippen molar-refractivity contribution in [3.8, 4) is 5.69 Å². The molecule has 4 rings (SSSR count). The number of rotatable bonds is 5. The van der Waals surface area contributed by atoms with Crippen LogP contribution in [0.3, 0.4) is 0 Å². The Hall–Kier alpha value is -3.88. The van der Waals surface area contributed by atoms with E-state index in [9.17, 15) is 14.4 Å². The third-order valence-electron chi connectivity index (χ3n) is 5.20. The van der Waals surface area contributed by atoms with E-state index in [1.807, 2.05) is 18.2 Å². The number of nitrogens with zero attached hydrogens (tertiary/aromatic N) is 3. The van der Waals surface area contributed by atoms with Crippen LogP contribution in [0.4, 0.5) is 11.4 Å². The molecule has 172 valence electrons. The molecule has 0 spiro atoms. The zero-order valence-electron chi connectivity index (χ0n) is 18.2. The van der Waals surface area contributed by atoms with Gasteiger partial charge in [0.25, 0.3) is 17.4 Å². The number of pyridine rings is 1. The highest BCUT2D eigenvalue weighted by molar-refractivity contribution is 6.35. The summed E-state index contributed by atoms with van der Waals surface area (Å²) in [6.45, 7) is 1.74. The summed E-state index contributed by atoms with van der Waals surface area (Å²) in [5.74, 6) is -1.07. The van der Waals surface area contributed by atoms with Crippen molar-refractivity contribution in [3.63, 3.8) is 0 Å². The second-order valence-electron chi connectivity index (χ2n) is 7.39. The Morgan fingerprint density at radius 2 is 1.65 bits per heavy atom. The summed E-state index contributed by atoms with van der Waals surface area (Å²) in [4.78, 5) is 42.5. The van der Waals surface area contributed by atoms with Crippen LogP contribution in [0.2, 0.25) is 10.2 Å². The van der Waals surface area contributed by atoms with Crippen molar-refractivity contribution in [1.82, 2.24) is 14.3 Å². The molecule has 2 amide bonds. The quantitative estimate of drug-likeness (QED) is 0.392. The fourth-order valence-electron chi connectivity index (χ4n) is 3.40. The van der Waals surface area contributed by atoms with Gasteiger partial charge in [-0.25, -0.2) is 9.67 Å². The number of halogens is 2. The van der Waals surface area contributed by atoms with Crippen LogP contribution in [0.15, 0.2) is 71.5 Å². The number of anilines is 2. The zero-order chi connectivity index (χ0) is 24.4. The van der Waals surface area contributed by atoms with Crippen LogP contribution in [0.1, 0.15) is 26.5 Å². The van der Waals surface area contributed by atoms with Gasteiger partial charge in [-0.2, -0.15) is 0 Å². The Balaban J connectivity index is 1.57. The minimum Gasteiger partial charge on any atom is -0.321 e. The summed E-state index contributed by atoms with van der Waals surface area (Å²) in [6, 6.07) is 18.4. The third-order valence-corrected chi connectivity index (χ3v) is 5.72. The zero-order valence-corrected chi connectivity index (χ0v) is 19.7. The standard InChI is InChI=1S/C24H19Cl2N5O3/c1-14-20(24(34)31(30(14)2)17-9-4-3-5-10-17)29-22(32)15-7-6-8-16(13-15)27-23(33)21-18(25)11-12-19(26)28-21/h3-13H,1-2H3,(H,27,33)(H,29,32). The number of carbonyl (C=O) groups excluding carboxylic acids is 2. The lowest BCUT2D eigenvalue weighted by Gasteiger charge is -2.09. The number of carbonyl (C=O) groups is 2. The number of amides is 2. The van der Waals surface area contributed by atoms with E-state index < -0.39 is 11.8 Å². The fraction of sp³-hybridized carbons (Fsp3) is 0.0833. The monoisotopic (exact) mass is 495 g/mol. The molecular formula is C24H19Cl2N5O3. The van der Waals surface area contributed by atoms with Crippen molar-refractivity contribution in [3.05, 3.63) is 104 Å². The van der Waals surface area contributed by atoms with E-state index in [4.69, 9.17) is 23.2 Å². The average Bonchev–Trinajstić information content (AvgIpc) is 3.04. The lowest BCUT2D eigenvalue weighted by molar-refractivity contribution is 0.101. The van der Waals surface area contributed by atoms with E-state index >= 15 is 0 Å². The molecular weight excluding hydrogens is 477 g/mol. The molecule has 0 saturated heterocycles. The molecule has 0 atom stereocenters. The van der Waals surface area contributed by atoms with Crippen LogP contribution >= 0.6 is 23.2 Å². The van der Waals surface area contributed by atoms with Crippen LogP contribution in [0.5, 0.6) is 0 Å². The van der Waals surface area contributed by atoms with Crippen molar-refractivity contribution < 1.29 is 9.59 Å². The second kappa shape index (κ2) is 9.54. The minimum atomic E-state index is -0.574. The van der Waals surface area contributed by atoms with Crippen molar-refractivity contribution in [1.29, 1.82) is 0 Å². The van der Waals surface area contributed by atoms with E-state index in [2.05, 4.69) is 15.6 Å². The summed E-state index contributed by atoms with van der Waals surface area (Å²) in [7, 11) is 1.74. The number of hydrogen-bond acceptors (Lipinski definition) is 4. The molecule has 2 aromatic heterocycles. The Labute approximate surface area is 204 Å². The Bertz CT molecular complexity index is 1460. The van der Waals surface area contributed by atoms with Gasteiger partial charge in [-0.3, -0.25) is 19.1 Å². The van der Waals surface area contributed by atoms with Crippen molar-refractivity contribution in [2.45, 2.75) is 6.92 Å². The smallest absolute Gasteiger partial charge is 0.295 e. The molecule has 0 aliphatic heterocycles. The van der Waals surface area contributed by atoms with Crippen LogP contribution < -0.4 is 16.2 Å². The maximum atomic E-state index is 13.0. The average molecular weight is 496 g/mol. The molecule has 0 fully saturated rings. The molecule has 0 aliphatic carbocycles. The number of aromatic nitrogens is 3. The number of hydrogen-bond donors (Lipinski definition) is 2. The molecule has 0 aliphatic rings. The van der Waals surface area contributed by atoms with E-state index in [1.165, 1.54) is 22.9 Å². The van der Waals surface area contributed by atoms with Gasteiger partial charge >= 0.3 is 0 Å². The van der Waals surface area contributed by atoms with Crippen molar-refractivity contribution >= 4 is 46.4 Å². The third kappa shape index (κ3) is 4.59. The molecule has 4 aromatic rings. The Morgan fingerprint density at radius 1 is 0.912 bits per heavy atom. The lowest BCUT2D eigenvalue weighted by Crippen LogP contribution is -2.23. The summed E-state index contributed by atoms with van der Waals surface area (Å²) >= 11 is 11.9. The SMILES string of the molecule is Cc1c(NC(=O)c2cccc(NC(=O)c3nc(Cl)ccc3Cl)c2)c(=O)n(-c2ccccc2)n1C. The van der Waals surface area contributed by atoms with Gasteiger partial charge in [0.15, 0.2) is 0 Å².